The van der Waals surface area contributed by atoms with E-state index in [2.05, 4.69) is 12.2 Å². The van der Waals surface area contributed by atoms with Crippen molar-refractivity contribution >= 4 is 23.2 Å². The molecule has 2 aromatic carbocycles. The lowest BCUT2D eigenvalue weighted by molar-refractivity contribution is -0.110. The van der Waals surface area contributed by atoms with Crippen LogP contribution in [0.15, 0.2) is 48.5 Å². The molecule has 1 amide bonds. The van der Waals surface area contributed by atoms with Gasteiger partial charge in [0.15, 0.2) is 0 Å². The Morgan fingerprint density at radius 2 is 1.86 bits per heavy atom. The van der Waals surface area contributed by atoms with Crippen molar-refractivity contribution in [1.29, 1.82) is 0 Å². The summed E-state index contributed by atoms with van der Waals surface area (Å²) >= 11 is 0. The van der Waals surface area contributed by atoms with Crippen LogP contribution in [0.3, 0.4) is 0 Å². The molecule has 0 radical (unpaired) electrons. The summed E-state index contributed by atoms with van der Waals surface area (Å²) in [6.45, 7) is 2.88. The first-order chi connectivity index (χ1) is 10.8. The van der Waals surface area contributed by atoms with Crippen molar-refractivity contribution in [1.82, 2.24) is 0 Å². The Bertz CT molecular complexity index is 702. The Hall–Kier alpha value is -2.55. The Balaban J connectivity index is 1.79. The topological polar surface area (TPSA) is 38.3 Å². The zero-order valence-corrected chi connectivity index (χ0v) is 12.6. The van der Waals surface area contributed by atoms with Crippen LogP contribution in [0.2, 0.25) is 0 Å². The van der Waals surface area contributed by atoms with Gasteiger partial charge in [-0.1, -0.05) is 43.7 Å². The van der Waals surface area contributed by atoms with Crippen molar-refractivity contribution in [3.8, 4) is 5.75 Å². The van der Waals surface area contributed by atoms with Gasteiger partial charge in [0.05, 0.1) is 6.61 Å². The molecule has 3 rings (SSSR count). The quantitative estimate of drug-likeness (QED) is 0.657. The van der Waals surface area contributed by atoms with E-state index in [0.29, 0.717) is 5.57 Å². The molecular weight excluding hydrogens is 274 g/mol. The number of rotatable bonds is 5. The van der Waals surface area contributed by atoms with Crippen LogP contribution in [-0.2, 0) is 4.79 Å². The number of amides is 1. The maximum Gasteiger partial charge on any atom is 0.256 e. The summed E-state index contributed by atoms with van der Waals surface area (Å²) < 4.78 is 5.65. The minimum absolute atomic E-state index is 0.0514. The summed E-state index contributed by atoms with van der Waals surface area (Å²) in [6.07, 6.45) is 4.10. The molecule has 0 aliphatic carbocycles. The molecule has 0 bridgehead atoms. The average Bonchev–Trinajstić information content (AvgIpc) is 2.85. The highest BCUT2D eigenvalue weighted by Crippen LogP contribution is 2.32. The smallest absolute Gasteiger partial charge is 0.256 e. The van der Waals surface area contributed by atoms with Crippen molar-refractivity contribution in [2.45, 2.75) is 19.8 Å². The molecule has 1 aliphatic heterocycles. The molecule has 2 aromatic rings. The Labute approximate surface area is 130 Å². The molecule has 0 saturated heterocycles. The zero-order chi connectivity index (χ0) is 15.4. The fraction of sp³-hybridized carbons (Fsp3) is 0.211. The number of anilines is 1. The van der Waals surface area contributed by atoms with E-state index >= 15 is 0 Å². The monoisotopic (exact) mass is 293 g/mol. The fourth-order valence-corrected chi connectivity index (χ4v) is 2.44. The largest absolute Gasteiger partial charge is 0.494 e. The minimum Gasteiger partial charge on any atom is -0.494 e. The lowest BCUT2D eigenvalue weighted by atomic mass is 10.0. The van der Waals surface area contributed by atoms with Crippen LogP contribution in [-0.4, -0.2) is 12.5 Å². The summed E-state index contributed by atoms with van der Waals surface area (Å²) in [5, 5.41) is 2.88. The van der Waals surface area contributed by atoms with Gasteiger partial charge in [-0.3, -0.25) is 4.79 Å². The molecule has 0 atom stereocenters. The van der Waals surface area contributed by atoms with Crippen LogP contribution in [0.4, 0.5) is 5.69 Å². The molecule has 1 heterocycles. The van der Waals surface area contributed by atoms with E-state index < -0.39 is 0 Å². The van der Waals surface area contributed by atoms with Crippen LogP contribution in [0.25, 0.3) is 11.6 Å². The molecule has 22 heavy (non-hydrogen) atoms. The van der Waals surface area contributed by atoms with Gasteiger partial charge < -0.3 is 10.1 Å². The summed E-state index contributed by atoms with van der Waals surface area (Å²) in [6, 6.07) is 15.6. The standard InChI is InChI=1S/C19H19NO2/c1-2-3-12-22-15-10-8-14(9-11-15)13-17-16-6-4-5-7-18(16)20-19(17)21/h4-11,13H,2-3,12H2,1H3,(H,20,21)/b17-13-. The minimum atomic E-state index is -0.0514. The number of nitrogens with one attached hydrogen (secondary N) is 1. The third-order valence-electron chi connectivity index (χ3n) is 3.67. The van der Waals surface area contributed by atoms with Crippen molar-refractivity contribution < 1.29 is 9.53 Å². The second kappa shape index (κ2) is 6.48. The van der Waals surface area contributed by atoms with Crippen LogP contribution < -0.4 is 10.1 Å². The molecule has 3 nitrogen and oxygen atoms in total. The van der Waals surface area contributed by atoms with E-state index in [0.717, 1.165) is 42.0 Å². The second-order valence-electron chi connectivity index (χ2n) is 5.33. The maximum absolute atomic E-state index is 12.1. The molecule has 0 spiro atoms. The number of carbonyl (C=O) groups excluding carboxylic acids is 1. The number of unbranched alkanes of at least 4 members (excludes halogenated alkanes) is 1. The van der Waals surface area contributed by atoms with Crippen molar-refractivity contribution in [3.05, 3.63) is 59.7 Å². The fourth-order valence-electron chi connectivity index (χ4n) is 2.44. The van der Waals surface area contributed by atoms with Crippen LogP contribution in [0.1, 0.15) is 30.9 Å². The number of carbonyl (C=O) groups is 1. The number of benzene rings is 2. The highest BCUT2D eigenvalue weighted by atomic mass is 16.5. The number of ether oxygens (including phenoxy) is 1. The molecular formula is C19H19NO2. The van der Waals surface area contributed by atoms with Gasteiger partial charge in [-0.15, -0.1) is 0 Å². The zero-order valence-electron chi connectivity index (χ0n) is 12.6. The molecule has 3 heteroatoms. The molecule has 0 fully saturated rings. The lowest BCUT2D eigenvalue weighted by Gasteiger charge is -2.05. The predicted molar refractivity (Wildman–Crippen MR) is 89.8 cm³/mol. The number of fused-ring (bicyclic) bond motifs is 1. The van der Waals surface area contributed by atoms with E-state index in [-0.39, 0.29) is 5.91 Å². The van der Waals surface area contributed by atoms with E-state index in [1.165, 1.54) is 0 Å². The molecule has 112 valence electrons. The molecule has 0 saturated carbocycles. The molecule has 1 N–H and O–H groups in total. The molecule has 0 unspecified atom stereocenters. The van der Waals surface area contributed by atoms with E-state index in [9.17, 15) is 4.79 Å². The summed E-state index contributed by atoms with van der Waals surface area (Å²) in [4.78, 5) is 12.1. The van der Waals surface area contributed by atoms with Gasteiger partial charge in [-0.25, -0.2) is 0 Å². The van der Waals surface area contributed by atoms with Gasteiger partial charge >= 0.3 is 0 Å². The van der Waals surface area contributed by atoms with Gasteiger partial charge in [0.2, 0.25) is 0 Å². The second-order valence-corrected chi connectivity index (χ2v) is 5.33. The first kappa shape index (κ1) is 14.4. The average molecular weight is 293 g/mol. The summed E-state index contributed by atoms with van der Waals surface area (Å²) in [5.41, 5.74) is 3.52. The lowest BCUT2D eigenvalue weighted by Crippen LogP contribution is -2.03. The van der Waals surface area contributed by atoms with Gasteiger partial charge in [-0.2, -0.15) is 0 Å². The Morgan fingerprint density at radius 3 is 2.64 bits per heavy atom. The Morgan fingerprint density at radius 1 is 1.09 bits per heavy atom. The van der Waals surface area contributed by atoms with Gasteiger partial charge in [0.25, 0.3) is 5.91 Å². The van der Waals surface area contributed by atoms with Crippen LogP contribution in [0.5, 0.6) is 5.75 Å². The van der Waals surface area contributed by atoms with Crippen molar-refractivity contribution in [2.24, 2.45) is 0 Å². The number of hydrogen-bond donors (Lipinski definition) is 1. The van der Waals surface area contributed by atoms with Crippen LogP contribution >= 0.6 is 0 Å². The van der Waals surface area contributed by atoms with E-state index in [1.54, 1.807) is 0 Å². The number of hydrogen-bond acceptors (Lipinski definition) is 2. The summed E-state index contributed by atoms with van der Waals surface area (Å²) in [7, 11) is 0. The van der Waals surface area contributed by atoms with Crippen molar-refractivity contribution in [2.75, 3.05) is 11.9 Å². The molecule has 1 aliphatic rings. The van der Waals surface area contributed by atoms with Crippen LogP contribution in [0, 0.1) is 0 Å². The molecule has 0 aromatic heterocycles. The normalized spacial score (nSPS) is 14.8. The van der Waals surface area contributed by atoms with Gasteiger partial charge in [0, 0.05) is 16.8 Å². The maximum atomic E-state index is 12.1. The van der Waals surface area contributed by atoms with Crippen molar-refractivity contribution in [3.63, 3.8) is 0 Å². The van der Waals surface area contributed by atoms with E-state index in [4.69, 9.17) is 4.74 Å². The Kier molecular flexibility index (Phi) is 4.24. The number of para-hydroxylation sites is 1. The first-order valence-corrected chi connectivity index (χ1v) is 7.63. The highest BCUT2D eigenvalue weighted by Gasteiger charge is 2.23. The van der Waals surface area contributed by atoms with Gasteiger partial charge in [0.1, 0.15) is 5.75 Å². The van der Waals surface area contributed by atoms with Gasteiger partial charge in [-0.05, 0) is 36.3 Å². The predicted octanol–water partition coefficient (Wildman–Crippen LogP) is 4.36. The third kappa shape index (κ3) is 3.03. The van der Waals surface area contributed by atoms with E-state index in [1.807, 2.05) is 54.6 Å². The summed E-state index contributed by atoms with van der Waals surface area (Å²) in [5.74, 6) is 0.816. The highest BCUT2D eigenvalue weighted by molar-refractivity contribution is 6.34. The third-order valence-corrected chi connectivity index (χ3v) is 3.67. The first-order valence-electron chi connectivity index (χ1n) is 7.63. The SMILES string of the molecule is CCCCOc1ccc(/C=C2\C(=O)Nc3ccccc32)cc1.